The van der Waals surface area contributed by atoms with Crippen LogP contribution in [0.4, 0.5) is 0 Å². The molecule has 1 saturated carbocycles. The third-order valence-corrected chi connectivity index (χ3v) is 11.9. The molecule has 5 N–H and O–H groups in total. The van der Waals surface area contributed by atoms with Gasteiger partial charge in [-0.15, -0.1) is 0 Å². The predicted molar refractivity (Wildman–Crippen MR) is 194 cm³/mol. The molecule has 0 aromatic heterocycles. The third-order valence-electron chi connectivity index (χ3n) is 11.9. The molecule has 5 aliphatic rings. The van der Waals surface area contributed by atoms with Crippen molar-refractivity contribution < 1.29 is 44.5 Å². The van der Waals surface area contributed by atoms with E-state index in [0.717, 1.165) is 46.2 Å². The van der Waals surface area contributed by atoms with Crippen molar-refractivity contribution in [3.05, 3.63) is 134 Å². The average Bonchev–Trinajstić information content (AvgIpc) is 3.67. The van der Waals surface area contributed by atoms with E-state index in [2.05, 4.69) is 12.1 Å². The van der Waals surface area contributed by atoms with Crippen LogP contribution >= 0.6 is 0 Å². The number of rotatable bonds is 7. The Kier molecular flexibility index (Phi) is 7.53. The molecule has 4 aliphatic heterocycles. The highest BCUT2D eigenvalue weighted by Crippen LogP contribution is 2.53. The number of benzene rings is 5. The summed E-state index contributed by atoms with van der Waals surface area (Å²) in [6.07, 6.45) is 4.72. The number of hydrogen-bond acceptors (Lipinski definition) is 9. The Bertz CT molecular complexity index is 2140. The third kappa shape index (κ3) is 5.28. The van der Waals surface area contributed by atoms with Crippen LogP contribution in [0.3, 0.4) is 0 Å². The van der Waals surface area contributed by atoms with Crippen LogP contribution < -0.4 is 9.47 Å². The first-order valence-electron chi connectivity index (χ1n) is 18.6. The lowest BCUT2D eigenvalue weighted by Gasteiger charge is -2.27. The molecule has 10 rings (SSSR count). The zero-order valence-corrected chi connectivity index (χ0v) is 29.0. The fourth-order valence-corrected chi connectivity index (χ4v) is 9.21. The molecular weight excluding hydrogens is 672 g/mol. The smallest absolute Gasteiger partial charge is 0.205 e. The van der Waals surface area contributed by atoms with Gasteiger partial charge in [-0.05, 0) is 69.8 Å². The van der Waals surface area contributed by atoms with Gasteiger partial charge in [0.05, 0.1) is 0 Å². The molecular formula is C44H40O9. The van der Waals surface area contributed by atoms with E-state index >= 15 is 0 Å². The summed E-state index contributed by atoms with van der Waals surface area (Å²) in [7, 11) is 0. The Morgan fingerprint density at radius 3 is 1.45 bits per heavy atom. The van der Waals surface area contributed by atoms with E-state index in [1.54, 1.807) is 12.1 Å². The minimum absolute atomic E-state index is 0.160. The van der Waals surface area contributed by atoms with E-state index in [0.29, 0.717) is 65.4 Å². The van der Waals surface area contributed by atoms with Crippen molar-refractivity contribution in [3.8, 4) is 40.2 Å². The highest BCUT2D eigenvalue weighted by atomic mass is 16.7. The van der Waals surface area contributed by atoms with Gasteiger partial charge in [0.2, 0.25) is 12.6 Å². The Morgan fingerprint density at radius 1 is 0.491 bits per heavy atom. The second kappa shape index (κ2) is 12.4. The molecule has 0 amide bonds. The van der Waals surface area contributed by atoms with Gasteiger partial charge < -0.3 is 44.5 Å². The van der Waals surface area contributed by atoms with Crippen LogP contribution in [-0.4, -0.2) is 38.1 Å². The minimum atomic E-state index is -0.683. The van der Waals surface area contributed by atoms with Crippen LogP contribution in [-0.2, 0) is 35.2 Å². The summed E-state index contributed by atoms with van der Waals surface area (Å²) in [5.41, 5.74) is 8.29. The van der Waals surface area contributed by atoms with Crippen LogP contribution in [0, 0.1) is 0 Å². The van der Waals surface area contributed by atoms with Crippen molar-refractivity contribution in [1.82, 2.24) is 0 Å². The molecule has 0 radical (unpaired) electrons. The van der Waals surface area contributed by atoms with Gasteiger partial charge in [0.25, 0.3) is 0 Å². The molecule has 0 spiro atoms. The van der Waals surface area contributed by atoms with Gasteiger partial charge in [-0.1, -0.05) is 79.9 Å². The monoisotopic (exact) mass is 712 g/mol. The van der Waals surface area contributed by atoms with E-state index in [4.69, 9.17) is 18.9 Å². The Hall–Kier alpha value is -5.38. The van der Waals surface area contributed by atoms with Crippen molar-refractivity contribution in [2.24, 2.45) is 0 Å². The Morgan fingerprint density at radius 2 is 0.962 bits per heavy atom. The molecule has 9 heteroatoms. The fraction of sp³-hybridized carbons (Fsp3) is 0.318. The summed E-state index contributed by atoms with van der Waals surface area (Å²) >= 11 is 0. The summed E-state index contributed by atoms with van der Waals surface area (Å²) in [6, 6.07) is 23.6. The molecule has 5 aromatic carbocycles. The lowest BCUT2D eigenvalue weighted by atomic mass is 9.81. The van der Waals surface area contributed by atoms with Crippen LogP contribution in [0.15, 0.2) is 72.8 Å². The number of ether oxygens (including phenoxy) is 4. The van der Waals surface area contributed by atoms with E-state index in [-0.39, 0.29) is 28.7 Å². The highest BCUT2D eigenvalue weighted by molar-refractivity contribution is 5.63. The van der Waals surface area contributed by atoms with E-state index in [1.807, 2.05) is 48.5 Å². The normalized spacial score (nSPS) is 22.4. The topological polar surface area (TPSA) is 138 Å². The van der Waals surface area contributed by atoms with Crippen LogP contribution in [0.25, 0.3) is 0 Å². The standard InChI is InChI=1S/C44H40O9/c45-38-26(14-23-10-4-6-12-28(23)43-32-18-34-30(39(46)41(32)48)20-36(50-34)52-43)16-25(22-8-2-1-3-9-22)17-27(38)15-24-11-5-7-13-29(24)44-33-19-35-31(40(47)42(33)49)21-37(51-35)53-44/h4-7,10-13,16-19,22,36-37,43-49H,1-3,8-9,14-15,20-21H2. The lowest BCUT2D eigenvalue weighted by molar-refractivity contribution is -0.0923. The molecule has 1 aliphatic carbocycles. The maximum absolute atomic E-state index is 12.2. The van der Waals surface area contributed by atoms with Crippen molar-refractivity contribution in [3.63, 3.8) is 0 Å². The van der Waals surface area contributed by atoms with Gasteiger partial charge in [0.1, 0.15) is 29.5 Å². The molecule has 4 unspecified atom stereocenters. The summed E-state index contributed by atoms with van der Waals surface area (Å²) in [6.45, 7) is 0. The minimum Gasteiger partial charge on any atom is -0.507 e. The largest absolute Gasteiger partial charge is 0.507 e. The quantitative estimate of drug-likeness (QED) is 0.106. The molecule has 53 heavy (non-hydrogen) atoms. The molecule has 270 valence electrons. The van der Waals surface area contributed by atoms with Crippen LogP contribution in [0.2, 0.25) is 0 Å². The Labute approximate surface area is 306 Å². The molecule has 6 bridgehead atoms. The predicted octanol–water partition coefficient (Wildman–Crippen LogP) is 8.21. The first-order chi connectivity index (χ1) is 25.8. The van der Waals surface area contributed by atoms with Gasteiger partial charge in [-0.3, -0.25) is 0 Å². The summed E-state index contributed by atoms with van der Waals surface area (Å²) in [5, 5.41) is 55.9. The molecule has 9 nitrogen and oxygen atoms in total. The average molecular weight is 713 g/mol. The number of aromatic hydroxyl groups is 5. The molecule has 4 atom stereocenters. The van der Waals surface area contributed by atoms with Crippen molar-refractivity contribution in [2.45, 2.75) is 88.5 Å². The summed E-state index contributed by atoms with van der Waals surface area (Å²) in [5.74, 6) is 0.925. The number of fused-ring (bicyclic) bond motifs is 4. The van der Waals surface area contributed by atoms with Crippen molar-refractivity contribution >= 4 is 0 Å². The second-order valence-electron chi connectivity index (χ2n) is 15.1. The number of phenols is 5. The molecule has 5 aromatic rings. The SMILES string of the molecule is Oc1c(Cc2ccccc2C2OC3Cc4c(cc2c(O)c4O)O3)cc(C2CCCCC2)cc1Cc1ccccc1C1OC2Cc3c(cc1c(O)c3O)O2. The maximum atomic E-state index is 12.2. The number of phenolic OH excluding ortho intramolecular Hbond substituents is 5. The van der Waals surface area contributed by atoms with Gasteiger partial charge in [-0.25, -0.2) is 0 Å². The zero-order valence-electron chi connectivity index (χ0n) is 29.0. The van der Waals surface area contributed by atoms with E-state index in [9.17, 15) is 25.5 Å². The van der Waals surface area contributed by atoms with Gasteiger partial charge >= 0.3 is 0 Å². The first-order valence-corrected chi connectivity index (χ1v) is 18.6. The van der Waals surface area contributed by atoms with Crippen molar-refractivity contribution in [2.75, 3.05) is 0 Å². The maximum Gasteiger partial charge on any atom is 0.205 e. The first kappa shape index (κ1) is 32.3. The van der Waals surface area contributed by atoms with Crippen LogP contribution in [0.1, 0.15) is 111 Å². The number of hydrogen-bond donors (Lipinski definition) is 5. The molecule has 4 heterocycles. The van der Waals surface area contributed by atoms with Crippen molar-refractivity contribution in [1.29, 1.82) is 0 Å². The zero-order chi connectivity index (χ0) is 36.0. The molecule has 1 fully saturated rings. The Balaban J connectivity index is 1.04. The highest BCUT2D eigenvalue weighted by Gasteiger charge is 2.40. The van der Waals surface area contributed by atoms with Crippen LogP contribution in [0.5, 0.6) is 40.2 Å². The fourth-order valence-electron chi connectivity index (χ4n) is 9.21. The summed E-state index contributed by atoms with van der Waals surface area (Å²) < 4.78 is 24.8. The van der Waals surface area contributed by atoms with Gasteiger partial charge in [0, 0.05) is 47.9 Å². The van der Waals surface area contributed by atoms with E-state index < -0.39 is 24.8 Å². The lowest BCUT2D eigenvalue weighted by Crippen LogP contribution is -2.22. The van der Waals surface area contributed by atoms with Gasteiger partial charge in [-0.2, -0.15) is 0 Å². The summed E-state index contributed by atoms with van der Waals surface area (Å²) in [4.78, 5) is 0. The second-order valence-corrected chi connectivity index (χ2v) is 15.1. The molecule has 0 saturated heterocycles. The van der Waals surface area contributed by atoms with E-state index in [1.165, 1.54) is 24.8 Å². The van der Waals surface area contributed by atoms with Gasteiger partial charge in [0.15, 0.2) is 23.0 Å².